The molecule has 0 aliphatic carbocycles. The maximum Gasteiger partial charge on any atom is 0.295 e. The molecule has 1 N–H and O–H groups in total. The van der Waals surface area contributed by atoms with Gasteiger partial charge in [0, 0.05) is 7.05 Å². The van der Waals surface area contributed by atoms with Crippen molar-refractivity contribution < 1.29 is 4.79 Å². The molecule has 0 spiro atoms. The molecule has 1 aromatic carbocycles. The van der Waals surface area contributed by atoms with Gasteiger partial charge >= 0.3 is 0 Å². The van der Waals surface area contributed by atoms with E-state index in [1.54, 1.807) is 18.7 Å². The Balaban J connectivity index is 1.79. The van der Waals surface area contributed by atoms with Crippen LogP contribution in [-0.4, -0.2) is 31.2 Å². The minimum absolute atomic E-state index is 0.174. The van der Waals surface area contributed by atoms with Gasteiger partial charge in [-0.25, -0.2) is 4.68 Å². The van der Waals surface area contributed by atoms with Crippen LogP contribution in [-0.2, 0) is 11.8 Å². The molecule has 3 rings (SSSR count). The van der Waals surface area contributed by atoms with Gasteiger partial charge in [-0.3, -0.25) is 14.3 Å². The third-order valence-corrected chi connectivity index (χ3v) is 5.62. The van der Waals surface area contributed by atoms with Gasteiger partial charge in [0.1, 0.15) is 10.7 Å². The molecule has 2 heterocycles. The Morgan fingerprint density at radius 1 is 1.24 bits per heavy atom. The van der Waals surface area contributed by atoms with Crippen molar-refractivity contribution in [3.63, 3.8) is 0 Å². The van der Waals surface area contributed by atoms with Gasteiger partial charge in [0.2, 0.25) is 5.91 Å². The highest BCUT2D eigenvalue weighted by Crippen LogP contribution is 2.22. The van der Waals surface area contributed by atoms with E-state index >= 15 is 0 Å². The van der Waals surface area contributed by atoms with E-state index in [0.29, 0.717) is 11.4 Å². The molecule has 0 aliphatic rings. The number of nitrogens with zero attached hydrogens (tertiary/aromatic N) is 4. The predicted molar refractivity (Wildman–Crippen MR) is 99.7 cm³/mol. The van der Waals surface area contributed by atoms with E-state index in [-0.39, 0.29) is 17.2 Å². The van der Waals surface area contributed by atoms with Crippen molar-refractivity contribution >= 4 is 34.7 Å². The Morgan fingerprint density at radius 2 is 1.96 bits per heavy atom. The Morgan fingerprint density at radius 3 is 2.60 bits per heavy atom. The van der Waals surface area contributed by atoms with Gasteiger partial charge in [-0.15, -0.1) is 10.2 Å². The van der Waals surface area contributed by atoms with E-state index in [1.165, 1.54) is 27.8 Å². The van der Waals surface area contributed by atoms with Crippen LogP contribution >= 0.6 is 23.1 Å². The van der Waals surface area contributed by atoms with E-state index in [1.807, 2.05) is 37.3 Å². The van der Waals surface area contributed by atoms with Crippen LogP contribution in [0.15, 0.2) is 39.5 Å². The standard InChI is InChI=1S/C16H17N5O2S2/c1-10-14(17-13(22)9-24-16-19-18-11(2)25-16)15(23)21(20(10)3)12-7-5-4-6-8-12/h4-8H,9H2,1-3H3,(H,17,22). The highest BCUT2D eigenvalue weighted by molar-refractivity contribution is 8.01. The van der Waals surface area contributed by atoms with E-state index in [9.17, 15) is 9.59 Å². The van der Waals surface area contributed by atoms with Crippen LogP contribution in [0.4, 0.5) is 5.69 Å². The molecule has 0 saturated heterocycles. The summed E-state index contributed by atoms with van der Waals surface area (Å²) in [5, 5.41) is 11.5. The summed E-state index contributed by atoms with van der Waals surface area (Å²) in [6.07, 6.45) is 0. The molecule has 0 atom stereocenters. The first-order valence-electron chi connectivity index (χ1n) is 7.54. The van der Waals surface area contributed by atoms with Gasteiger partial charge < -0.3 is 5.32 Å². The van der Waals surface area contributed by atoms with Crippen LogP contribution < -0.4 is 10.9 Å². The summed E-state index contributed by atoms with van der Waals surface area (Å²) in [4.78, 5) is 24.9. The lowest BCUT2D eigenvalue weighted by molar-refractivity contribution is -0.113. The van der Waals surface area contributed by atoms with Crippen molar-refractivity contribution in [1.82, 2.24) is 19.6 Å². The fraction of sp³-hybridized carbons (Fsp3) is 0.250. The fourth-order valence-electron chi connectivity index (χ4n) is 2.35. The number of hydrogen-bond acceptors (Lipinski definition) is 6. The lowest BCUT2D eigenvalue weighted by atomic mass is 10.3. The number of para-hydroxylation sites is 1. The molecular formula is C16H17N5O2S2. The summed E-state index contributed by atoms with van der Waals surface area (Å²) in [6, 6.07) is 9.31. The van der Waals surface area contributed by atoms with Crippen molar-refractivity contribution in [2.45, 2.75) is 18.2 Å². The van der Waals surface area contributed by atoms with Gasteiger partial charge in [0.05, 0.1) is 17.1 Å². The number of anilines is 1. The number of aryl methyl sites for hydroxylation is 1. The second kappa shape index (κ2) is 7.24. The number of hydrogen-bond donors (Lipinski definition) is 1. The van der Waals surface area contributed by atoms with Crippen LogP contribution in [0.25, 0.3) is 5.69 Å². The molecule has 3 aromatic rings. The number of amides is 1. The van der Waals surface area contributed by atoms with Gasteiger partial charge in [0.25, 0.3) is 5.56 Å². The zero-order valence-corrected chi connectivity index (χ0v) is 15.6. The quantitative estimate of drug-likeness (QED) is 0.693. The first-order valence-corrected chi connectivity index (χ1v) is 9.34. The number of thioether (sulfide) groups is 1. The van der Waals surface area contributed by atoms with Crippen LogP contribution in [0.5, 0.6) is 0 Å². The Labute approximate surface area is 152 Å². The first kappa shape index (κ1) is 17.4. The van der Waals surface area contributed by atoms with Crippen molar-refractivity contribution in [3.05, 3.63) is 51.4 Å². The van der Waals surface area contributed by atoms with Gasteiger partial charge in [-0.1, -0.05) is 41.3 Å². The summed E-state index contributed by atoms with van der Waals surface area (Å²) in [6.45, 7) is 3.67. The molecule has 1 amide bonds. The average Bonchev–Trinajstić information content (AvgIpc) is 3.11. The van der Waals surface area contributed by atoms with Gasteiger partial charge in [-0.2, -0.15) is 0 Å². The molecule has 0 bridgehead atoms. The largest absolute Gasteiger partial charge is 0.319 e. The molecule has 0 aliphatic heterocycles. The summed E-state index contributed by atoms with van der Waals surface area (Å²) in [5.74, 6) is -0.0721. The van der Waals surface area contributed by atoms with Crippen molar-refractivity contribution in [1.29, 1.82) is 0 Å². The SMILES string of the molecule is Cc1nnc(SCC(=O)Nc2c(C)n(C)n(-c3ccccc3)c2=O)s1. The molecular weight excluding hydrogens is 358 g/mol. The third-order valence-electron chi connectivity index (χ3n) is 3.65. The molecule has 2 aromatic heterocycles. The lowest BCUT2D eigenvalue weighted by Gasteiger charge is -2.07. The maximum absolute atomic E-state index is 12.7. The monoisotopic (exact) mass is 375 g/mol. The van der Waals surface area contributed by atoms with Gasteiger partial charge in [0.15, 0.2) is 4.34 Å². The maximum atomic E-state index is 12.7. The summed E-state index contributed by atoms with van der Waals surface area (Å²) < 4.78 is 4.00. The highest BCUT2D eigenvalue weighted by Gasteiger charge is 2.18. The first-order chi connectivity index (χ1) is 12.0. The Bertz CT molecular complexity index is 959. The van der Waals surface area contributed by atoms with E-state index in [0.717, 1.165) is 15.0 Å². The molecule has 0 radical (unpaired) electrons. The summed E-state index contributed by atoms with van der Waals surface area (Å²) in [7, 11) is 1.79. The minimum atomic E-state index is -0.253. The van der Waals surface area contributed by atoms with Crippen molar-refractivity contribution in [2.24, 2.45) is 7.05 Å². The van der Waals surface area contributed by atoms with Crippen molar-refractivity contribution in [2.75, 3.05) is 11.1 Å². The summed E-state index contributed by atoms with van der Waals surface area (Å²) in [5.41, 5.74) is 1.48. The number of carbonyl (C=O) groups excluding carboxylic acids is 1. The number of benzene rings is 1. The smallest absolute Gasteiger partial charge is 0.295 e. The molecule has 7 nitrogen and oxygen atoms in total. The van der Waals surface area contributed by atoms with Crippen molar-refractivity contribution in [3.8, 4) is 5.69 Å². The van der Waals surface area contributed by atoms with Crippen LogP contribution in [0.3, 0.4) is 0 Å². The molecule has 9 heteroatoms. The fourth-order valence-corrected chi connectivity index (χ4v) is 3.97. The van der Waals surface area contributed by atoms with Crippen LogP contribution in [0.2, 0.25) is 0 Å². The van der Waals surface area contributed by atoms with Crippen LogP contribution in [0.1, 0.15) is 10.7 Å². The molecule has 0 unspecified atom stereocenters. The lowest BCUT2D eigenvalue weighted by Crippen LogP contribution is -2.23. The van der Waals surface area contributed by atoms with E-state index in [2.05, 4.69) is 15.5 Å². The Hall–Kier alpha value is -2.39. The normalized spacial score (nSPS) is 10.8. The van der Waals surface area contributed by atoms with Gasteiger partial charge in [-0.05, 0) is 26.0 Å². The number of aromatic nitrogens is 4. The highest BCUT2D eigenvalue weighted by atomic mass is 32.2. The molecule has 0 saturated carbocycles. The predicted octanol–water partition coefficient (Wildman–Crippen LogP) is 2.38. The van der Waals surface area contributed by atoms with Crippen LogP contribution in [0, 0.1) is 13.8 Å². The molecule has 25 heavy (non-hydrogen) atoms. The number of carbonyl (C=O) groups is 1. The zero-order chi connectivity index (χ0) is 18.0. The average molecular weight is 375 g/mol. The minimum Gasteiger partial charge on any atom is -0.319 e. The zero-order valence-electron chi connectivity index (χ0n) is 14.0. The third kappa shape index (κ3) is 3.67. The summed E-state index contributed by atoms with van der Waals surface area (Å²) >= 11 is 2.74. The second-order valence-electron chi connectivity index (χ2n) is 5.36. The number of rotatable bonds is 5. The second-order valence-corrected chi connectivity index (χ2v) is 7.76. The molecule has 130 valence electrons. The van der Waals surface area contributed by atoms with E-state index < -0.39 is 0 Å². The van der Waals surface area contributed by atoms with E-state index in [4.69, 9.17) is 0 Å². The topological polar surface area (TPSA) is 81.8 Å². The Kier molecular flexibility index (Phi) is 5.05. The molecule has 0 fully saturated rings. The number of nitrogens with one attached hydrogen (secondary N) is 1.